The van der Waals surface area contributed by atoms with Gasteiger partial charge in [-0.2, -0.15) is 0 Å². The highest BCUT2D eigenvalue weighted by Gasteiger charge is 2.37. The number of hydrogen-bond donors (Lipinski definition) is 4. The van der Waals surface area contributed by atoms with Crippen molar-refractivity contribution >= 4 is 34.5 Å². The maximum Gasteiger partial charge on any atom is 0.405 e. The first-order chi connectivity index (χ1) is 14.4. The van der Waals surface area contributed by atoms with Crippen LogP contribution < -0.4 is 5.32 Å². The van der Waals surface area contributed by atoms with Gasteiger partial charge in [0, 0.05) is 28.2 Å². The van der Waals surface area contributed by atoms with Gasteiger partial charge in [-0.05, 0) is 54.3 Å². The minimum atomic E-state index is -1.23. The lowest BCUT2D eigenvalue weighted by Gasteiger charge is -2.38. The molecule has 3 aromatic rings. The van der Waals surface area contributed by atoms with Gasteiger partial charge in [-0.1, -0.05) is 30.7 Å². The van der Waals surface area contributed by atoms with E-state index in [-0.39, 0.29) is 11.7 Å². The summed E-state index contributed by atoms with van der Waals surface area (Å²) in [4.78, 5) is 29.6. The molecule has 2 heterocycles. The molecule has 0 spiro atoms. The van der Waals surface area contributed by atoms with Gasteiger partial charge in [-0.3, -0.25) is 4.79 Å². The summed E-state index contributed by atoms with van der Waals surface area (Å²) in [5.74, 6) is -0.197. The van der Waals surface area contributed by atoms with Crippen molar-refractivity contribution in [1.82, 2.24) is 15.2 Å². The minimum absolute atomic E-state index is 0.0990. The fraction of sp³-hybridized carbons (Fsp3) is 0.273. The van der Waals surface area contributed by atoms with Crippen molar-refractivity contribution in [3.63, 3.8) is 0 Å². The van der Waals surface area contributed by atoms with Crippen LogP contribution in [0.2, 0.25) is 5.02 Å². The zero-order chi connectivity index (χ0) is 21.4. The molecule has 4 N–H and O–H groups in total. The number of aromatic hydroxyl groups is 1. The number of amides is 2. The van der Waals surface area contributed by atoms with Crippen molar-refractivity contribution in [2.24, 2.45) is 0 Å². The highest BCUT2D eigenvalue weighted by molar-refractivity contribution is 6.31. The molecule has 0 radical (unpaired) electrons. The maximum absolute atomic E-state index is 13.3. The Morgan fingerprint density at radius 3 is 2.80 bits per heavy atom. The summed E-state index contributed by atoms with van der Waals surface area (Å²) in [5, 5.41) is 23.1. The molecule has 2 aromatic carbocycles. The second-order valence-corrected chi connectivity index (χ2v) is 7.83. The van der Waals surface area contributed by atoms with E-state index in [1.54, 1.807) is 30.0 Å². The highest BCUT2D eigenvalue weighted by Crippen LogP contribution is 2.40. The molecule has 0 saturated carbocycles. The summed E-state index contributed by atoms with van der Waals surface area (Å²) >= 11 is 6.20. The number of H-pyrrole nitrogens is 1. The summed E-state index contributed by atoms with van der Waals surface area (Å²) in [7, 11) is 0. The highest BCUT2D eigenvalue weighted by atomic mass is 35.5. The zero-order valence-corrected chi connectivity index (χ0v) is 17.1. The van der Waals surface area contributed by atoms with E-state index < -0.39 is 18.2 Å². The van der Waals surface area contributed by atoms with Crippen molar-refractivity contribution < 1.29 is 19.8 Å². The number of carboxylic acid groups (broad SMARTS) is 1. The number of carbonyl (C=O) groups excluding carboxylic acids is 1. The first-order valence-electron chi connectivity index (χ1n) is 9.78. The predicted octanol–water partition coefficient (Wildman–Crippen LogP) is 4.05. The third-order valence-corrected chi connectivity index (χ3v) is 5.80. The van der Waals surface area contributed by atoms with Crippen LogP contribution in [0.4, 0.5) is 4.79 Å². The van der Waals surface area contributed by atoms with E-state index in [0.717, 1.165) is 27.7 Å². The van der Waals surface area contributed by atoms with Gasteiger partial charge in [0.2, 0.25) is 5.91 Å². The first kappa shape index (κ1) is 20.1. The first-order valence-corrected chi connectivity index (χ1v) is 10.2. The lowest BCUT2D eigenvalue weighted by molar-refractivity contribution is -0.135. The van der Waals surface area contributed by atoms with Crippen LogP contribution in [0.1, 0.15) is 36.2 Å². The van der Waals surface area contributed by atoms with Gasteiger partial charge >= 0.3 is 6.09 Å². The van der Waals surface area contributed by atoms with E-state index in [1.807, 2.05) is 24.3 Å². The largest absolute Gasteiger partial charge is 0.508 e. The summed E-state index contributed by atoms with van der Waals surface area (Å²) in [6.45, 7) is 2.19. The smallest absolute Gasteiger partial charge is 0.405 e. The predicted molar refractivity (Wildman–Crippen MR) is 114 cm³/mol. The van der Waals surface area contributed by atoms with Crippen LogP contribution in [-0.2, 0) is 11.2 Å². The Morgan fingerprint density at radius 1 is 1.30 bits per heavy atom. The van der Waals surface area contributed by atoms with Crippen LogP contribution in [-0.4, -0.2) is 44.7 Å². The molecule has 0 fully saturated rings. The lowest BCUT2D eigenvalue weighted by atomic mass is 9.91. The molecule has 156 valence electrons. The fourth-order valence-electron chi connectivity index (χ4n) is 4.23. The second-order valence-electron chi connectivity index (χ2n) is 7.40. The van der Waals surface area contributed by atoms with E-state index in [4.69, 9.17) is 16.7 Å². The Bertz CT molecular complexity index is 1130. The van der Waals surface area contributed by atoms with Gasteiger partial charge in [0.15, 0.2) is 0 Å². The Morgan fingerprint density at radius 2 is 2.10 bits per heavy atom. The molecule has 0 saturated heterocycles. The van der Waals surface area contributed by atoms with Crippen molar-refractivity contribution in [3.05, 3.63) is 64.3 Å². The number of aromatic amines is 1. The third kappa shape index (κ3) is 3.57. The molecular weight excluding hydrogens is 406 g/mol. The van der Waals surface area contributed by atoms with Crippen LogP contribution in [0.15, 0.2) is 42.5 Å². The number of benzene rings is 2. The number of hydrogen-bond acceptors (Lipinski definition) is 3. The number of phenolic OH excluding ortho intramolecular Hbond substituents is 1. The topological polar surface area (TPSA) is 106 Å². The molecule has 1 aliphatic heterocycles. The summed E-state index contributed by atoms with van der Waals surface area (Å²) in [6, 6.07) is 11.1. The maximum atomic E-state index is 13.3. The number of phenols is 1. The molecule has 30 heavy (non-hydrogen) atoms. The molecule has 8 heteroatoms. The van der Waals surface area contributed by atoms with Crippen LogP contribution in [0.3, 0.4) is 0 Å². The number of nitrogens with zero attached hydrogens (tertiary/aromatic N) is 1. The number of fused-ring (bicyclic) bond motifs is 3. The number of nitrogens with one attached hydrogen (secondary N) is 2. The quantitative estimate of drug-likeness (QED) is 0.504. The van der Waals surface area contributed by atoms with Crippen molar-refractivity contribution in [2.75, 3.05) is 6.54 Å². The molecule has 0 bridgehead atoms. The van der Waals surface area contributed by atoms with Gasteiger partial charge in [0.1, 0.15) is 11.8 Å². The molecule has 7 nitrogen and oxygen atoms in total. The van der Waals surface area contributed by atoms with E-state index in [9.17, 15) is 14.7 Å². The third-order valence-electron chi connectivity index (χ3n) is 5.56. The monoisotopic (exact) mass is 427 g/mol. The Hall–Kier alpha value is -3.19. The van der Waals surface area contributed by atoms with Crippen LogP contribution >= 0.6 is 11.6 Å². The number of rotatable bonds is 4. The van der Waals surface area contributed by atoms with Gasteiger partial charge in [0.05, 0.1) is 6.04 Å². The molecule has 2 atom stereocenters. The summed E-state index contributed by atoms with van der Waals surface area (Å²) in [5.41, 5.74) is 3.58. The molecule has 0 aliphatic carbocycles. The molecule has 1 aromatic heterocycles. The minimum Gasteiger partial charge on any atom is -0.508 e. The molecule has 1 aliphatic rings. The second kappa shape index (κ2) is 7.91. The Balaban J connectivity index is 1.84. The van der Waals surface area contributed by atoms with Crippen molar-refractivity contribution in [1.29, 1.82) is 0 Å². The van der Waals surface area contributed by atoms with Gasteiger partial charge in [0.25, 0.3) is 0 Å². The molecule has 1 unspecified atom stereocenters. The number of aromatic nitrogens is 1. The fourth-order valence-corrected chi connectivity index (χ4v) is 4.40. The van der Waals surface area contributed by atoms with Gasteiger partial charge in [-0.15, -0.1) is 0 Å². The number of carbonyl (C=O) groups is 2. The Kier molecular flexibility index (Phi) is 5.30. The van der Waals surface area contributed by atoms with E-state index >= 15 is 0 Å². The van der Waals surface area contributed by atoms with Crippen LogP contribution in [0.5, 0.6) is 5.75 Å². The standard InChI is InChI=1S/C22H22ClN3O4/c1-2-17(25-22(29)30)21(28)26-9-8-15-16-11-13(23)6-7-18(16)24-19(15)20(26)12-4-3-5-14(27)10-12/h3-7,10-11,17,20,24-25,27H,2,8-9H2,1H3,(H,29,30)/t17-,20?/m1/s1. The van der Waals surface area contributed by atoms with Gasteiger partial charge < -0.3 is 25.4 Å². The average molecular weight is 428 g/mol. The Labute approximate surface area is 178 Å². The van der Waals surface area contributed by atoms with E-state index in [0.29, 0.717) is 24.4 Å². The molecule has 4 rings (SSSR count). The summed E-state index contributed by atoms with van der Waals surface area (Å²) < 4.78 is 0. The van der Waals surface area contributed by atoms with Crippen molar-refractivity contribution in [2.45, 2.75) is 31.8 Å². The normalized spacial score (nSPS) is 16.9. The summed E-state index contributed by atoms with van der Waals surface area (Å²) in [6.07, 6.45) is -0.286. The lowest BCUT2D eigenvalue weighted by Crippen LogP contribution is -2.51. The zero-order valence-electron chi connectivity index (χ0n) is 16.4. The van der Waals surface area contributed by atoms with Crippen molar-refractivity contribution in [3.8, 4) is 5.75 Å². The SMILES string of the molecule is CC[C@@H](NC(=O)O)C(=O)N1CCc2c([nH]c3ccc(Cl)cc23)C1c1cccc(O)c1. The molecular formula is C22H22ClN3O4. The average Bonchev–Trinajstić information content (AvgIpc) is 3.08. The number of halogens is 1. The molecule has 2 amide bonds. The van der Waals surface area contributed by atoms with Crippen LogP contribution in [0.25, 0.3) is 10.9 Å². The van der Waals surface area contributed by atoms with Crippen LogP contribution in [0, 0.1) is 0 Å². The van der Waals surface area contributed by atoms with E-state index in [1.165, 1.54) is 0 Å². The van der Waals surface area contributed by atoms with E-state index in [2.05, 4.69) is 10.3 Å². The van der Waals surface area contributed by atoms with Gasteiger partial charge in [-0.25, -0.2) is 4.79 Å².